The van der Waals surface area contributed by atoms with Crippen LogP contribution < -0.4 is 0 Å². The van der Waals surface area contributed by atoms with Crippen LogP contribution in [-0.2, 0) is 0 Å². The van der Waals surface area contributed by atoms with Gasteiger partial charge in [-0.15, -0.1) is 0 Å². The molecule has 1 aromatic rings. The van der Waals surface area contributed by atoms with Gasteiger partial charge >= 0.3 is 0 Å². The molecule has 0 saturated heterocycles. The SMILES string of the molecule is OC/C(=N\O)c1ccccc1Cl. The van der Waals surface area contributed by atoms with Gasteiger partial charge in [-0.2, -0.15) is 0 Å². The summed E-state index contributed by atoms with van der Waals surface area (Å²) in [5.41, 5.74) is 0.713. The van der Waals surface area contributed by atoms with Crippen molar-refractivity contribution >= 4 is 17.3 Å². The average Bonchev–Trinajstić information content (AvgIpc) is 2.10. The number of benzene rings is 1. The Bertz CT molecular complexity index is 299. The second-order valence-corrected chi connectivity index (χ2v) is 2.59. The fourth-order valence-electron chi connectivity index (χ4n) is 0.866. The average molecular weight is 186 g/mol. The van der Waals surface area contributed by atoms with Crippen molar-refractivity contribution in [1.29, 1.82) is 0 Å². The molecule has 0 fully saturated rings. The van der Waals surface area contributed by atoms with E-state index in [0.29, 0.717) is 10.6 Å². The number of hydrogen-bond donors (Lipinski definition) is 2. The van der Waals surface area contributed by atoms with Crippen LogP contribution in [0.4, 0.5) is 0 Å². The number of aliphatic hydroxyl groups excluding tert-OH is 1. The highest BCUT2D eigenvalue weighted by Crippen LogP contribution is 2.15. The summed E-state index contributed by atoms with van der Waals surface area (Å²) in [6, 6.07) is 6.85. The van der Waals surface area contributed by atoms with E-state index in [9.17, 15) is 0 Å². The summed E-state index contributed by atoms with van der Waals surface area (Å²) >= 11 is 5.77. The number of nitrogens with zero attached hydrogens (tertiary/aromatic N) is 1. The van der Waals surface area contributed by atoms with Crippen LogP contribution in [0.5, 0.6) is 0 Å². The maximum Gasteiger partial charge on any atom is 0.114 e. The van der Waals surface area contributed by atoms with Crippen LogP contribution in [0.3, 0.4) is 0 Å². The van der Waals surface area contributed by atoms with Crippen LogP contribution in [0.2, 0.25) is 5.02 Å². The highest BCUT2D eigenvalue weighted by Gasteiger charge is 2.05. The van der Waals surface area contributed by atoms with Gasteiger partial charge in [0.2, 0.25) is 0 Å². The summed E-state index contributed by atoms with van der Waals surface area (Å²) in [5, 5.41) is 20.6. The van der Waals surface area contributed by atoms with Gasteiger partial charge in [-0.3, -0.25) is 0 Å². The monoisotopic (exact) mass is 185 g/mol. The third kappa shape index (κ3) is 1.75. The molecule has 0 heterocycles. The molecule has 4 heteroatoms. The van der Waals surface area contributed by atoms with Crippen molar-refractivity contribution in [3.05, 3.63) is 34.9 Å². The Morgan fingerprint density at radius 3 is 2.58 bits per heavy atom. The molecule has 2 N–H and O–H groups in total. The van der Waals surface area contributed by atoms with Gasteiger partial charge in [0.15, 0.2) is 0 Å². The Hall–Kier alpha value is -1.06. The Morgan fingerprint density at radius 1 is 1.42 bits per heavy atom. The quantitative estimate of drug-likeness (QED) is 0.417. The molecule has 3 nitrogen and oxygen atoms in total. The number of hydrogen-bond acceptors (Lipinski definition) is 3. The molecule has 0 atom stereocenters. The molecule has 0 aliphatic rings. The van der Waals surface area contributed by atoms with Gasteiger partial charge in [0.1, 0.15) is 5.71 Å². The third-order valence-electron chi connectivity index (χ3n) is 1.46. The molecule has 0 unspecified atom stereocenters. The summed E-state index contributed by atoms with van der Waals surface area (Å²) in [5.74, 6) is 0. The van der Waals surface area contributed by atoms with Gasteiger partial charge in [0, 0.05) is 10.6 Å². The Morgan fingerprint density at radius 2 is 2.08 bits per heavy atom. The van der Waals surface area contributed by atoms with Crippen molar-refractivity contribution in [2.45, 2.75) is 0 Å². The van der Waals surface area contributed by atoms with E-state index in [1.807, 2.05) is 0 Å². The minimum atomic E-state index is -0.333. The van der Waals surface area contributed by atoms with E-state index in [-0.39, 0.29) is 12.3 Å². The number of oxime groups is 1. The van der Waals surface area contributed by atoms with Gasteiger partial charge in [0.05, 0.1) is 6.61 Å². The zero-order valence-corrected chi connectivity index (χ0v) is 6.99. The Kier molecular flexibility index (Phi) is 3.08. The lowest BCUT2D eigenvalue weighted by Crippen LogP contribution is -2.06. The van der Waals surface area contributed by atoms with Gasteiger partial charge in [-0.05, 0) is 6.07 Å². The van der Waals surface area contributed by atoms with Crippen LogP contribution in [-0.4, -0.2) is 22.6 Å². The zero-order valence-electron chi connectivity index (χ0n) is 6.24. The minimum absolute atomic E-state index is 0.167. The Balaban J connectivity index is 3.10. The first-order valence-corrected chi connectivity index (χ1v) is 3.74. The first-order chi connectivity index (χ1) is 5.79. The molecular weight excluding hydrogens is 178 g/mol. The van der Waals surface area contributed by atoms with Gasteiger partial charge < -0.3 is 10.3 Å². The molecular formula is C8H8ClNO2. The molecule has 12 heavy (non-hydrogen) atoms. The topological polar surface area (TPSA) is 52.8 Å². The van der Waals surface area contributed by atoms with E-state index >= 15 is 0 Å². The molecule has 0 aromatic heterocycles. The lowest BCUT2D eigenvalue weighted by Gasteiger charge is -2.01. The fourth-order valence-corrected chi connectivity index (χ4v) is 1.11. The number of rotatable bonds is 2. The first-order valence-electron chi connectivity index (χ1n) is 3.36. The zero-order chi connectivity index (χ0) is 8.97. The van der Waals surface area contributed by atoms with Crippen LogP contribution in [0, 0.1) is 0 Å². The van der Waals surface area contributed by atoms with Crippen molar-refractivity contribution in [1.82, 2.24) is 0 Å². The van der Waals surface area contributed by atoms with E-state index in [1.54, 1.807) is 24.3 Å². The summed E-state index contributed by atoms with van der Waals surface area (Å²) in [7, 11) is 0. The normalized spacial score (nSPS) is 11.7. The first kappa shape index (κ1) is 9.03. The maximum atomic E-state index is 8.75. The smallest absolute Gasteiger partial charge is 0.114 e. The van der Waals surface area contributed by atoms with Crippen molar-refractivity contribution < 1.29 is 10.3 Å². The number of halogens is 1. The molecule has 1 rings (SSSR count). The molecule has 0 aliphatic carbocycles. The molecule has 0 spiro atoms. The van der Waals surface area contributed by atoms with Crippen LogP contribution >= 0.6 is 11.6 Å². The van der Waals surface area contributed by atoms with Crippen molar-refractivity contribution in [2.24, 2.45) is 5.16 Å². The summed E-state index contributed by atoms with van der Waals surface area (Å²) in [6.45, 7) is -0.333. The van der Waals surface area contributed by atoms with Gasteiger partial charge in [0.25, 0.3) is 0 Å². The summed E-state index contributed by atoms with van der Waals surface area (Å²) < 4.78 is 0. The highest BCUT2D eigenvalue weighted by atomic mass is 35.5. The fraction of sp³-hybridized carbons (Fsp3) is 0.125. The summed E-state index contributed by atoms with van der Waals surface area (Å²) in [4.78, 5) is 0. The lowest BCUT2D eigenvalue weighted by atomic mass is 10.1. The predicted octanol–water partition coefficient (Wildman–Crippen LogP) is 1.51. The molecule has 0 saturated carbocycles. The molecule has 0 aliphatic heterocycles. The highest BCUT2D eigenvalue weighted by molar-refractivity contribution is 6.34. The third-order valence-corrected chi connectivity index (χ3v) is 1.78. The van der Waals surface area contributed by atoms with Crippen LogP contribution in [0.1, 0.15) is 5.56 Å². The van der Waals surface area contributed by atoms with E-state index in [4.69, 9.17) is 21.9 Å². The van der Waals surface area contributed by atoms with Crippen LogP contribution in [0.25, 0.3) is 0 Å². The lowest BCUT2D eigenvalue weighted by molar-refractivity contribution is 0.304. The van der Waals surface area contributed by atoms with E-state index in [2.05, 4.69) is 5.16 Å². The molecule has 0 radical (unpaired) electrons. The van der Waals surface area contributed by atoms with Crippen molar-refractivity contribution in [3.8, 4) is 0 Å². The Labute approximate surface area is 74.9 Å². The second-order valence-electron chi connectivity index (χ2n) is 2.18. The number of aliphatic hydroxyl groups is 1. The predicted molar refractivity (Wildman–Crippen MR) is 46.9 cm³/mol. The van der Waals surface area contributed by atoms with Gasteiger partial charge in [-0.25, -0.2) is 0 Å². The van der Waals surface area contributed by atoms with Crippen LogP contribution in [0.15, 0.2) is 29.4 Å². The maximum absolute atomic E-state index is 8.75. The van der Waals surface area contributed by atoms with E-state index in [0.717, 1.165) is 0 Å². The molecule has 64 valence electrons. The summed E-state index contributed by atoms with van der Waals surface area (Å²) in [6.07, 6.45) is 0. The van der Waals surface area contributed by atoms with E-state index < -0.39 is 0 Å². The van der Waals surface area contributed by atoms with Crippen molar-refractivity contribution in [2.75, 3.05) is 6.61 Å². The minimum Gasteiger partial charge on any atom is -0.411 e. The van der Waals surface area contributed by atoms with Crippen molar-refractivity contribution in [3.63, 3.8) is 0 Å². The second kappa shape index (κ2) is 4.09. The van der Waals surface area contributed by atoms with Gasteiger partial charge in [-0.1, -0.05) is 35.0 Å². The standard InChI is InChI=1S/C8H8ClNO2/c9-7-4-2-1-3-6(7)8(5-11)10-12/h1-4,11-12H,5H2/b10-8+. The molecule has 0 amide bonds. The van der Waals surface area contributed by atoms with E-state index in [1.165, 1.54) is 0 Å². The molecule has 1 aromatic carbocycles. The molecule has 0 bridgehead atoms. The largest absolute Gasteiger partial charge is 0.411 e.